The lowest BCUT2D eigenvalue weighted by molar-refractivity contribution is 0.102. The van der Waals surface area contributed by atoms with Gasteiger partial charge in [0.25, 0.3) is 5.91 Å². The van der Waals surface area contributed by atoms with Gasteiger partial charge in [-0.25, -0.2) is 4.98 Å². The van der Waals surface area contributed by atoms with Crippen LogP contribution in [0.3, 0.4) is 0 Å². The van der Waals surface area contributed by atoms with Crippen molar-refractivity contribution in [1.29, 1.82) is 0 Å². The number of carbonyl (C=O) groups excluding carboxylic acids is 1. The fraction of sp³-hybridized carbons (Fsp3) is 0.400. The van der Waals surface area contributed by atoms with Gasteiger partial charge in [-0.3, -0.25) is 4.79 Å². The second-order valence-corrected chi connectivity index (χ2v) is 5.75. The lowest BCUT2D eigenvalue weighted by atomic mass is 10.2. The quantitative estimate of drug-likeness (QED) is 0.788. The third-order valence-electron chi connectivity index (χ3n) is 4.35. The predicted octanol–water partition coefficient (Wildman–Crippen LogP) is 4.03. The number of aromatic nitrogens is 1. The van der Waals surface area contributed by atoms with Crippen LogP contribution >= 0.6 is 0 Å². The zero-order chi connectivity index (χ0) is 18.2. The lowest BCUT2D eigenvalue weighted by Gasteiger charge is -2.21. The normalized spacial score (nSPS) is 10.4. The number of rotatable bonds is 8. The van der Waals surface area contributed by atoms with Gasteiger partial charge >= 0.3 is 0 Å². The van der Waals surface area contributed by atoms with Gasteiger partial charge in [-0.1, -0.05) is 0 Å². The molecule has 0 atom stereocenters. The first-order valence-electron chi connectivity index (χ1n) is 9.00. The van der Waals surface area contributed by atoms with Crippen molar-refractivity contribution in [2.75, 3.05) is 41.3 Å². The van der Waals surface area contributed by atoms with E-state index in [1.807, 2.05) is 36.4 Å². The van der Waals surface area contributed by atoms with Gasteiger partial charge in [0, 0.05) is 43.8 Å². The molecule has 0 saturated heterocycles. The summed E-state index contributed by atoms with van der Waals surface area (Å²) >= 11 is 0. The summed E-state index contributed by atoms with van der Waals surface area (Å²) in [6.07, 6.45) is 1.63. The molecular formula is C20H28N4O. The van der Waals surface area contributed by atoms with Gasteiger partial charge in [-0.05, 0) is 64.1 Å². The molecule has 0 unspecified atom stereocenters. The molecule has 0 aliphatic carbocycles. The van der Waals surface area contributed by atoms with Crippen LogP contribution in [0.1, 0.15) is 38.1 Å². The zero-order valence-corrected chi connectivity index (χ0v) is 15.6. The third kappa shape index (κ3) is 4.72. The van der Waals surface area contributed by atoms with E-state index in [-0.39, 0.29) is 5.91 Å². The topological polar surface area (TPSA) is 48.5 Å². The zero-order valence-electron chi connectivity index (χ0n) is 15.6. The predicted molar refractivity (Wildman–Crippen MR) is 106 cm³/mol. The molecule has 0 aliphatic heterocycles. The maximum absolute atomic E-state index is 12.4. The van der Waals surface area contributed by atoms with E-state index in [0.29, 0.717) is 5.56 Å². The SMILES string of the molecule is CCN(CC)c1ccc(NC(=O)c2ccc(N(CC)CC)nc2)cc1. The number of pyridine rings is 1. The summed E-state index contributed by atoms with van der Waals surface area (Å²) in [5.41, 5.74) is 2.51. The fourth-order valence-electron chi connectivity index (χ4n) is 2.80. The van der Waals surface area contributed by atoms with Crippen molar-refractivity contribution in [2.45, 2.75) is 27.7 Å². The Kier molecular flexibility index (Phi) is 6.81. The Hall–Kier alpha value is -2.56. The molecule has 1 N–H and O–H groups in total. The Morgan fingerprint density at radius 3 is 1.96 bits per heavy atom. The van der Waals surface area contributed by atoms with Crippen molar-refractivity contribution in [3.8, 4) is 0 Å². The molecule has 1 aromatic carbocycles. The van der Waals surface area contributed by atoms with Crippen LogP contribution in [0.4, 0.5) is 17.2 Å². The van der Waals surface area contributed by atoms with Crippen LogP contribution in [0.15, 0.2) is 42.6 Å². The molecule has 5 heteroatoms. The molecule has 0 bridgehead atoms. The highest BCUT2D eigenvalue weighted by molar-refractivity contribution is 6.04. The minimum Gasteiger partial charge on any atom is -0.372 e. The van der Waals surface area contributed by atoms with E-state index in [2.05, 4.69) is 47.8 Å². The molecule has 0 fully saturated rings. The van der Waals surface area contributed by atoms with E-state index in [1.165, 1.54) is 0 Å². The third-order valence-corrected chi connectivity index (χ3v) is 4.35. The molecule has 134 valence electrons. The van der Waals surface area contributed by atoms with Crippen LogP contribution in [0.5, 0.6) is 0 Å². The first-order valence-corrected chi connectivity index (χ1v) is 9.00. The van der Waals surface area contributed by atoms with E-state index >= 15 is 0 Å². The van der Waals surface area contributed by atoms with Crippen molar-refractivity contribution in [1.82, 2.24) is 4.98 Å². The Labute approximate surface area is 150 Å². The van der Waals surface area contributed by atoms with E-state index in [4.69, 9.17) is 0 Å². The van der Waals surface area contributed by atoms with Gasteiger partial charge in [-0.2, -0.15) is 0 Å². The average molecular weight is 340 g/mol. The van der Waals surface area contributed by atoms with E-state index < -0.39 is 0 Å². The highest BCUT2D eigenvalue weighted by Gasteiger charge is 2.09. The molecule has 1 amide bonds. The van der Waals surface area contributed by atoms with Crippen molar-refractivity contribution < 1.29 is 4.79 Å². The van der Waals surface area contributed by atoms with Gasteiger partial charge in [0.1, 0.15) is 5.82 Å². The highest BCUT2D eigenvalue weighted by atomic mass is 16.1. The monoisotopic (exact) mass is 340 g/mol. The molecular weight excluding hydrogens is 312 g/mol. The number of hydrogen-bond acceptors (Lipinski definition) is 4. The van der Waals surface area contributed by atoms with Gasteiger partial charge in [0.15, 0.2) is 0 Å². The van der Waals surface area contributed by atoms with Crippen molar-refractivity contribution in [3.63, 3.8) is 0 Å². The molecule has 2 rings (SSSR count). The summed E-state index contributed by atoms with van der Waals surface area (Å²) < 4.78 is 0. The number of benzene rings is 1. The molecule has 25 heavy (non-hydrogen) atoms. The molecule has 5 nitrogen and oxygen atoms in total. The van der Waals surface area contributed by atoms with Gasteiger partial charge in [0.05, 0.1) is 5.56 Å². The summed E-state index contributed by atoms with van der Waals surface area (Å²) in [4.78, 5) is 21.2. The first kappa shape index (κ1) is 18.8. The highest BCUT2D eigenvalue weighted by Crippen LogP contribution is 2.18. The summed E-state index contributed by atoms with van der Waals surface area (Å²) in [6, 6.07) is 11.6. The summed E-state index contributed by atoms with van der Waals surface area (Å²) in [6.45, 7) is 12.2. The Bertz CT molecular complexity index is 659. The Balaban J connectivity index is 2.04. The van der Waals surface area contributed by atoms with Crippen LogP contribution in [0, 0.1) is 0 Å². The summed E-state index contributed by atoms with van der Waals surface area (Å²) in [5, 5.41) is 2.93. The van der Waals surface area contributed by atoms with E-state index in [9.17, 15) is 4.79 Å². The molecule has 1 heterocycles. The lowest BCUT2D eigenvalue weighted by Crippen LogP contribution is -2.23. The van der Waals surface area contributed by atoms with Gasteiger partial charge in [-0.15, -0.1) is 0 Å². The maximum Gasteiger partial charge on any atom is 0.257 e. The van der Waals surface area contributed by atoms with Crippen molar-refractivity contribution in [2.24, 2.45) is 0 Å². The largest absolute Gasteiger partial charge is 0.372 e. The minimum absolute atomic E-state index is 0.144. The molecule has 2 aromatic rings. The number of anilines is 3. The maximum atomic E-state index is 12.4. The van der Waals surface area contributed by atoms with Crippen molar-refractivity contribution >= 4 is 23.1 Å². The molecule has 0 aliphatic rings. The number of amides is 1. The first-order chi connectivity index (χ1) is 12.1. The van der Waals surface area contributed by atoms with E-state index in [0.717, 1.165) is 43.4 Å². The van der Waals surface area contributed by atoms with Crippen LogP contribution in [0.25, 0.3) is 0 Å². The molecule has 0 spiro atoms. The number of carbonyl (C=O) groups is 1. The second kappa shape index (κ2) is 9.06. The van der Waals surface area contributed by atoms with Crippen LogP contribution in [-0.4, -0.2) is 37.1 Å². The fourth-order valence-corrected chi connectivity index (χ4v) is 2.80. The molecule has 0 radical (unpaired) electrons. The van der Waals surface area contributed by atoms with Crippen LogP contribution < -0.4 is 15.1 Å². The van der Waals surface area contributed by atoms with Crippen molar-refractivity contribution in [3.05, 3.63) is 48.2 Å². The Morgan fingerprint density at radius 2 is 1.48 bits per heavy atom. The smallest absolute Gasteiger partial charge is 0.257 e. The van der Waals surface area contributed by atoms with Gasteiger partial charge in [0.2, 0.25) is 0 Å². The second-order valence-electron chi connectivity index (χ2n) is 5.75. The number of nitrogens with zero attached hydrogens (tertiary/aromatic N) is 3. The van der Waals surface area contributed by atoms with Gasteiger partial charge < -0.3 is 15.1 Å². The van der Waals surface area contributed by atoms with Crippen LogP contribution in [-0.2, 0) is 0 Å². The van der Waals surface area contributed by atoms with Crippen LogP contribution in [0.2, 0.25) is 0 Å². The summed E-state index contributed by atoms with van der Waals surface area (Å²) in [7, 11) is 0. The average Bonchev–Trinajstić information content (AvgIpc) is 2.65. The number of hydrogen-bond donors (Lipinski definition) is 1. The molecule has 0 saturated carbocycles. The molecule has 1 aromatic heterocycles. The van der Waals surface area contributed by atoms with E-state index in [1.54, 1.807) is 6.20 Å². The standard InChI is InChI=1S/C20H28N4O/c1-5-23(6-2)18-12-10-17(11-13-18)22-20(25)16-9-14-19(21-15-16)24(7-3)8-4/h9-15H,5-8H2,1-4H3,(H,22,25). The Morgan fingerprint density at radius 1 is 0.880 bits per heavy atom. The number of nitrogens with one attached hydrogen (secondary N) is 1. The minimum atomic E-state index is -0.144. The summed E-state index contributed by atoms with van der Waals surface area (Å²) in [5.74, 6) is 0.749.